The third kappa shape index (κ3) is 3.66. The lowest BCUT2D eigenvalue weighted by atomic mass is 9.85. The van der Waals surface area contributed by atoms with E-state index in [1.54, 1.807) is 0 Å². The standard InChI is InChI=1S/C52H28O/c1-2-6-36-27-45-44(26-35(36)5-1)52-46(53-45)28-38-25-37(39-20-15-33-13-11-29-7-3-9-31-16-22-41(39)49(33)47(29)31)19-21-40(38)51(52)43-24-18-34-14-12-30-8-4-10-32-17-23-42(43)50(34)48(30)32/h1-28H. The number of fused-ring (bicyclic) bond motifs is 5. The first-order valence-corrected chi connectivity index (χ1v) is 18.4. The van der Waals surface area contributed by atoms with Crippen LogP contribution in [0.4, 0.5) is 0 Å². The Morgan fingerprint density at radius 2 is 0.755 bits per heavy atom. The highest BCUT2D eigenvalue weighted by Crippen LogP contribution is 2.48. The Morgan fingerprint density at radius 1 is 0.264 bits per heavy atom. The molecule has 0 bridgehead atoms. The molecule has 0 atom stereocenters. The maximum atomic E-state index is 6.85. The van der Waals surface area contributed by atoms with Crippen molar-refractivity contribution < 1.29 is 4.42 Å². The van der Waals surface area contributed by atoms with Crippen molar-refractivity contribution in [2.45, 2.75) is 0 Å². The highest BCUT2D eigenvalue weighted by atomic mass is 16.3. The Kier molecular flexibility index (Phi) is 5.17. The van der Waals surface area contributed by atoms with Crippen molar-refractivity contribution in [3.05, 3.63) is 170 Å². The summed E-state index contributed by atoms with van der Waals surface area (Å²) >= 11 is 0. The lowest BCUT2D eigenvalue weighted by Gasteiger charge is -2.17. The van der Waals surface area contributed by atoms with Gasteiger partial charge in [0.2, 0.25) is 0 Å². The third-order valence-electron chi connectivity index (χ3n) is 12.1. The maximum Gasteiger partial charge on any atom is 0.136 e. The molecule has 242 valence electrons. The molecule has 0 saturated carbocycles. The molecular weight excluding hydrogens is 641 g/mol. The number of furan rings is 1. The van der Waals surface area contributed by atoms with Crippen LogP contribution < -0.4 is 0 Å². The van der Waals surface area contributed by atoms with Gasteiger partial charge in [-0.3, -0.25) is 0 Å². The number of hydrogen-bond acceptors (Lipinski definition) is 1. The lowest BCUT2D eigenvalue weighted by molar-refractivity contribution is 0.670. The fourth-order valence-electron chi connectivity index (χ4n) is 9.73. The minimum atomic E-state index is 0.913. The first-order valence-electron chi connectivity index (χ1n) is 18.4. The molecule has 1 aromatic heterocycles. The Balaban J connectivity index is 1.15. The van der Waals surface area contributed by atoms with Gasteiger partial charge in [-0.05, 0) is 127 Å². The van der Waals surface area contributed by atoms with Gasteiger partial charge in [0.25, 0.3) is 0 Å². The van der Waals surface area contributed by atoms with E-state index in [2.05, 4.69) is 170 Å². The van der Waals surface area contributed by atoms with E-state index >= 15 is 0 Å². The van der Waals surface area contributed by atoms with Crippen LogP contribution in [0.25, 0.3) is 130 Å². The molecule has 0 radical (unpaired) electrons. The van der Waals surface area contributed by atoms with Gasteiger partial charge in [0, 0.05) is 16.3 Å². The molecule has 0 aliphatic heterocycles. The molecule has 0 fully saturated rings. The van der Waals surface area contributed by atoms with Gasteiger partial charge in [-0.25, -0.2) is 0 Å². The molecule has 0 aliphatic carbocycles. The quantitative estimate of drug-likeness (QED) is 0.167. The van der Waals surface area contributed by atoms with Crippen LogP contribution in [0.3, 0.4) is 0 Å². The van der Waals surface area contributed by atoms with Crippen molar-refractivity contribution in [2.24, 2.45) is 0 Å². The van der Waals surface area contributed by atoms with Crippen LogP contribution in [0, 0.1) is 0 Å². The van der Waals surface area contributed by atoms with E-state index in [1.807, 2.05) is 0 Å². The molecule has 0 spiro atoms. The summed E-state index contributed by atoms with van der Waals surface area (Å²) in [6, 6.07) is 63.2. The molecule has 0 amide bonds. The SMILES string of the molecule is c1ccc2cc3c(cc2c1)oc1cc2cc(-c4ccc5ccc6cccc7ccc4c5c67)ccc2c(-c2ccc4ccc5cccc6ccc2c4c56)c13. The Bertz CT molecular complexity index is 3640. The lowest BCUT2D eigenvalue weighted by Crippen LogP contribution is -1.90. The minimum Gasteiger partial charge on any atom is -0.456 e. The molecule has 0 N–H and O–H groups in total. The van der Waals surface area contributed by atoms with Crippen LogP contribution in [0.15, 0.2) is 174 Å². The van der Waals surface area contributed by atoms with Crippen molar-refractivity contribution in [1.29, 1.82) is 0 Å². The second kappa shape index (κ2) is 9.88. The zero-order valence-electron chi connectivity index (χ0n) is 28.6. The van der Waals surface area contributed by atoms with Gasteiger partial charge in [0.15, 0.2) is 0 Å². The van der Waals surface area contributed by atoms with Gasteiger partial charge in [-0.15, -0.1) is 0 Å². The van der Waals surface area contributed by atoms with Gasteiger partial charge in [0.1, 0.15) is 11.2 Å². The fraction of sp³-hybridized carbons (Fsp3) is 0. The number of hydrogen-bond donors (Lipinski definition) is 0. The van der Waals surface area contributed by atoms with Gasteiger partial charge in [-0.1, -0.05) is 146 Å². The molecule has 1 nitrogen and oxygen atoms in total. The highest BCUT2D eigenvalue weighted by molar-refractivity contribution is 6.30. The summed E-state index contributed by atoms with van der Waals surface area (Å²) in [5, 5.41) is 22.7. The van der Waals surface area contributed by atoms with E-state index in [4.69, 9.17) is 4.42 Å². The molecule has 13 rings (SSSR count). The summed E-state index contributed by atoms with van der Waals surface area (Å²) < 4.78 is 6.85. The summed E-state index contributed by atoms with van der Waals surface area (Å²) in [5.41, 5.74) is 6.75. The van der Waals surface area contributed by atoms with Crippen LogP contribution in [-0.2, 0) is 0 Å². The van der Waals surface area contributed by atoms with Crippen molar-refractivity contribution in [2.75, 3.05) is 0 Å². The average Bonchev–Trinajstić information content (AvgIpc) is 3.56. The van der Waals surface area contributed by atoms with E-state index in [9.17, 15) is 0 Å². The third-order valence-corrected chi connectivity index (χ3v) is 12.1. The predicted molar refractivity (Wildman–Crippen MR) is 227 cm³/mol. The summed E-state index contributed by atoms with van der Waals surface area (Å²) in [7, 11) is 0. The largest absolute Gasteiger partial charge is 0.456 e. The second-order valence-corrected chi connectivity index (χ2v) is 14.8. The molecule has 0 saturated heterocycles. The van der Waals surface area contributed by atoms with E-state index in [-0.39, 0.29) is 0 Å². The molecule has 13 aromatic rings. The topological polar surface area (TPSA) is 13.1 Å². The van der Waals surface area contributed by atoms with Crippen LogP contribution in [0.2, 0.25) is 0 Å². The molecule has 1 heterocycles. The van der Waals surface area contributed by atoms with Crippen molar-refractivity contribution >= 4 is 108 Å². The normalized spacial score (nSPS) is 12.5. The smallest absolute Gasteiger partial charge is 0.136 e. The van der Waals surface area contributed by atoms with Gasteiger partial charge < -0.3 is 4.42 Å². The molecule has 0 unspecified atom stereocenters. The van der Waals surface area contributed by atoms with Crippen LogP contribution >= 0.6 is 0 Å². The average molecular weight is 669 g/mol. The first kappa shape index (κ1) is 27.7. The summed E-state index contributed by atoms with van der Waals surface area (Å²) in [6.45, 7) is 0. The van der Waals surface area contributed by atoms with E-state index in [1.165, 1.54) is 114 Å². The van der Waals surface area contributed by atoms with Gasteiger partial charge >= 0.3 is 0 Å². The first-order chi connectivity index (χ1) is 26.2. The number of benzene rings is 12. The zero-order chi connectivity index (χ0) is 34.4. The Hall–Kier alpha value is -6.96. The van der Waals surface area contributed by atoms with Crippen LogP contribution in [0.5, 0.6) is 0 Å². The summed E-state index contributed by atoms with van der Waals surface area (Å²) in [4.78, 5) is 0. The molecule has 0 aliphatic rings. The van der Waals surface area contributed by atoms with Crippen LogP contribution in [-0.4, -0.2) is 0 Å². The molecular formula is C52H28O. The predicted octanol–water partition coefficient (Wildman–Crippen LogP) is 15.0. The van der Waals surface area contributed by atoms with Crippen LogP contribution in [0.1, 0.15) is 0 Å². The molecule has 53 heavy (non-hydrogen) atoms. The fourth-order valence-corrected chi connectivity index (χ4v) is 9.73. The summed E-state index contributed by atoms with van der Waals surface area (Å²) in [6.07, 6.45) is 0. The zero-order valence-corrected chi connectivity index (χ0v) is 28.6. The Labute approximate surface area is 303 Å². The minimum absolute atomic E-state index is 0.913. The number of rotatable bonds is 2. The summed E-state index contributed by atoms with van der Waals surface area (Å²) in [5.74, 6) is 0. The molecule has 12 aromatic carbocycles. The van der Waals surface area contributed by atoms with Gasteiger partial charge in [0.05, 0.1) is 0 Å². The Morgan fingerprint density at radius 3 is 1.42 bits per heavy atom. The van der Waals surface area contributed by atoms with E-state index in [0.717, 1.165) is 16.6 Å². The second-order valence-electron chi connectivity index (χ2n) is 14.8. The van der Waals surface area contributed by atoms with Crippen molar-refractivity contribution in [1.82, 2.24) is 0 Å². The molecule has 1 heteroatoms. The van der Waals surface area contributed by atoms with E-state index < -0.39 is 0 Å². The highest BCUT2D eigenvalue weighted by Gasteiger charge is 2.21. The van der Waals surface area contributed by atoms with Crippen molar-refractivity contribution in [3.63, 3.8) is 0 Å². The van der Waals surface area contributed by atoms with Crippen molar-refractivity contribution in [3.8, 4) is 22.3 Å². The maximum absolute atomic E-state index is 6.85. The monoisotopic (exact) mass is 668 g/mol. The van der Waals surface area contributed by atoms with E-state index in [0.29, 0.717) is 0 Å². The van der Waals surface area contributed by atoms with Gasteiger partial charge in [-0.2, -0.15) is 0 Å².